The van der Waals surface area contributed by atoms with Gasteiger partial charge in [-0.2, -0.15) is 13.2 Å². The Labute approximate surface area is 121 Å². The van der Waals surface area contributed by atoms with Gasteiger partial charge in [-0.25, -0.2) is 4.79 Å². The summed E-state index contributed by atoms with van der Waals surface area (Å²) in [5.74, 6) is -0.774. The van der Waals surface area contributed by atoms with Crippen molar-refractivity contribution in [1.82, 2.24) is 4.90 Å². The van der Waals surface area contributed by atoms with Crippen LogP contribution in [-0.4, -0.2) is 38.1 Å². The zero-order chi connectivity index (χ0) is 15.6. The molecule has 0 spiro atoms. The van der Waals surface area contributed by atoms with Crippen LogP contribution in [0.3, 0.4) is 0 Å². The van der Waals surface area contributed by atoms with Crippen molar-refractivity contribution in [1.29, 1.82) is 0 Å². The first kappa shape index (κ1) is 15.6. The molecule has 0 aromatic heterocycles. The summed E-state index contributed by atoms with van der Waals surface area (Å²) in [4.78, 5) is 13.4. The molecule has 0 unspecified atom stereocenters. The van der Waals surface area contributed by atoms with Gasteiger partial charge in [0.05, 0.1) is 18.2 Å². The van der Waals surface area contributed by atoms with E-state index in [0.717, 1.165) is 13.2 Å². The second-order valence-corrected chi connectivity index (χ2v) is 4.99. The summed E-state index contributed by atoms with van der Waals surface area (Å²) in [5, 5.41) is 0. The van der Waals surface area contributed by atoms with E-state index in [2.05, 4.69) is 4.74 Å². The summed E-state index contributed by atoms with van der Waals surface area (Å²) in [6, 6.07) is 3.59. The maximum absolute atomic E-state index is 13.2. The van der Waals surface area contributed by atoms with Gasteiger partial charge in [0.1, 0.15) is 0 Å². The summed E-state index contributed by atoms with van der Waals surface area (Å²) in [6.07, 6.45) is -2.16. The quantitative estimate of drug-likeness (QED) is 0.785. The molecule has 1 heterocycles. The van der Waals surface area contributed by atoms with E-state index >= 15 is 0 Å². The fourth-order valence-corrected chi connectivity index (χ4v) is 2.32. The van der Waals surface area contributed by atoms with E-state index < -0.39 is 17.7 Å². The van der Waals surface area contributed by atoms with Crippen molar-refractivity contribution in [2.75, 3.05) is 27.2 Å². The van der Waals surface area contributed by atoms with E-state index in [4.69, 9.17) is 0 Å². The summed E-state index contributed by atoms with van der Waals surface area (Å²) in [7, 11) is 3.06. The van der Waals surface area contributed by atoms with Crippen LogP contribution in [0.2, 0.25) is 0 Å². The highest BCUT2D eigenvalue weighted by Gasteiger charge is 2.35. The predicted octanol–water partition coefficient (Wildman–Crippen LogP) is 3.21. The highest BCUT2D eigenvalue weighted by Crippen LogP contribution is 2.37. The third-order valence-corrected chi connectivity index (χ3v) is 3.50. The fourth-order valence-electron chi connectivity index (χ4n) is 2.32. The van der Waals surface area contributed by atoms with Crippen LogP contribution in [0, 0.1) is 0 Å². The number of rotatable bonds is 2. The van der Waals surface area contributed by atoms with Gasteiger partial charge in [0, 0.05) is 13.1 Å². The molecule has 1 aromatic rings. The van der Waals surface area contributed by atoms with Crippen LogP contribution >= 0.6 is 0 Å². The number of benzene rings is 1. The van der Waals surface area contributed by atoms with Crippen molar-refractivity contribution < 1.29 is 22.7 Å². The van der Waals surface area contributed by atoms with E-state index in [1.807, 2.05) is 11.9 Å². The van der Waals surface area contributed by atoms with Crippen molar-refractivity contribution in [3.63, 3.8) is 0 Å². The van der Waals surface area contributed by atoms with Crippen LogP contribution in [0.5, 0.6) is 0 Å². The molecule has 1 aliphatic rings. The van der Waals surface area contributed by atoms with Crippen LogP contribution in [0.25, 0.3) is 5.57 Å². The molecular formula is C15H16F3NO2. The Kier molecular flexibility index (Phi) is 4.37. The first-order chi connectivity index (χ1) is 9.82. The monoisotopic (exact) mass is 299 g/mol. The Bertz CT molecular complexity index is 579. The minimum Gasteiger partial charge on any atom is -0.465 e. The number of esters is 1. The standard InChI is InChI=1S/C15H16F3NO2/c1-19-7-5-10(6-8-19)12-4-3-11(14(20)21-2)9-13(12)15(16,17)18/h3-5,9H,6-8H2,1-2H3. The molecule has 0 amide bonds. The summed E-state index contributed by atoms with van der Waals surface area (Å²) in [6.45, 7) is 1.33. The normalized spacial score (nSPS) is 16.5. The number of methoxy groups -OCH3 is 1. The highest BCUT2D eigenvalue weighted by atomic mass is 19.4. The van der Waals surface area contributed by atoms with E-state index in [-0.39, 0.29) is 11.1 Å². The first-order valence-corrected chi connectivity index (χ1v) is 6.50. The minimum absolute atomic E-state index is 0.0953. The number of hydrogen-bond donors (Lipinski definition) is 0. The number of carbonyl (C=O) groups is 1. The first-order valence-electron chi connectivity index (χ1n) is 6.50. The van der Waals surface area contributed by atoms with Gasteiger partial charge in [0.2, 0.25) is 0 Å². The van der Waals surface area contributed by atoms with E-state index in [1.54, 1.807) is 6.08 Å². The lowest BCUT2D eigenvalue weighted by molar-refractivity contribution is -0.137. The number of carbonyl (C=O) groups excluding carboxylic acids is 1. The van der Waals surface area contributed by atoms with Crippen molar-refractivity contribution >= 4 is 11.5 Å². The van der Waals surface area contributed by atoms with Crippen molar-refractivity contribution in [3.8, 4) is 0 Å². The SMILES string of the molecule is COC(=O)c1ccc(C2=CCN(C)CC2)c(C(F)(F)F)c1. The number of halogens is 3. The van der Waals surface area contributed by atoms with Crippen molar-refractivity contribution in [3.05, 3.63) is 41.0 Å². The molecule has 6 heteroatoms. The molecule has 0 N–H and O–H groups in total. The maximum atomic E-state index is 13.2. The molecule has 0 saturated carbocycles. The molecule has 0 radical (unpaired) electrons. The molecule has 2 rings (SSSR count). The van der Waals surface area contributed by atoms with Gasteiger partial charge in [-0.05, 0) is 36.7 Å². The minimum atomic E-state index is -4.51. The Morgan fingerprint density at radius 3 is 2.57 bits per heavy atom. The fraction of sp³-hybridized carbons (Fsp3) is 0.400. The Morgan fingerprint density at radius 1 is 1.33 bits per heavy atom. The molecule has 1 aliphatic heterocycles. The largest absolute Gasteiger partial charge is 0.465 e. The average Bonchev–Trinajstić information content (AvgIpc) is 2.46. The molecule has 3 nitrogen and oxygen atoms in total. The molecular weight excluding hydrogens is 283 g/mol. The molecule has 0 saturated heterocycles. The third kappa shape index (κ3) is 3.44. The van der Waals surface area contributed by atoms with Gasteiger partial charge in [-0.1, -0.05) is 12.1 Å². The van der Waals surface area contributed by atoms with Crippen molar-refractivity contribution in [2.24, 2.45) is 0 Å². The van der Waals surface area contributed by atoms with Crippen LogP contribution < -0.4 is 0 Å². The van der Waals surface area contributed by atoms with Crippen molar-refractivity contribution in [2.45, 2.75) is 12.6 Å². The van der Waals surface area contributed by atoms with E-state index in [9.17, 15) is 18.0 Å². The highest BCUT2D eigenvalue weighted by molar-refractivity contribution is 5.90. The summed E-state index contributed by atoms with van der Waals surface area (Å²) >= 11 is 0. The summed E-state index contributed by atoms with van der Waals surface area (Å²) in [5.41, 5.74) is -0.0802. The average molecular weight is 299 g/mol. The Morgan fingerprint density at radius 2 is 2.05 bits per heavy atom. The van der Waals surface area contributed by atoms with Gasteiger partial charge in [0.15, 0.2) is 0 Å². The van der Waals surface area contributed by atoms with Gasteiger partial charge >= 0.3 is 12.1 Å². The van der Waals surface area contributed by atoms with Crippen LogP contribution in [-0.2, 0) is 10.9 Å². The molecule has 0 bridgehead atoms. The molecule has 0 atom stereocenters. The second kappa shape index (κ2) is 5.89. The van der Waals surface area contributed by atoms with Crippen LogP contribution in [0.15, 0.2) is 24.3 Å². The maximum Gasteiger partial charge on any atom is 0.417 e. The molecule has 21 heavy (non-hydrogen) atoms. The Balaban J connectivity index is 2.48. The van der Waals surface area contributed by atoms with E-state index in [0.29, 0.717) is 25.1 Å². The third-order valence-electron chi connectivity index (χ3n) is 3.50. The number of alkyl halides is 3. The van der Waals surface area contributed by atoms with E-state index in [1.165, 1.54) is 12.1 Å². The number of nitrogens with zero attached hydrogens (tertiary/aromatic N) is 1. The lowest BCUT2D eigenvalue weighted by Crippen LogP contribution is -2.24. The van der Waals surface area contributed by atoms with Gasteiger partial charge in [0.25, 0.3) is 0 Å². The smallest absolute Gasteiger partial charge is 0.417 e. The molecule has 0 aliphatic carbocycles. The lowest BCUT2D eigenvalue weighted by atomic mass is 9.93. The van der Waals surface area contributed by atoms with Crippen LogP contribution in [0.1, 0.15) is 27.9 Å². The Hall–Kier alpha value is -1.82. The summed E-state index contributed by atoms with van der Waals surface area (Å²) < 4.78 is 44.2. The predicted molar refractivity (Wildman–Crippen MR) is 72.9 cm³/mol. The number of hydrogen-bond acceptors (Lipinski definition) is 3. The van der Waals surface area contributed by atoms with Gasteiger partial charge < -0.3 is 9.64 Å². The zero-order valence-electron chi connectivity index (χ0n) is 11.8. The number of ether oxygens (including phenoxy) is 1. The van der Waals surface area contributed by atoms with Gasteiger partial charge in [-0.3, -0.25) is 0 Å². The van der Waals surface area contributed by atoms with Gasteiger partial charge in [-0.15, -0.1) is 0 Å². The van der Waals surface area contributed by atoms with Crippen LogP contribution in [0.4, 0.5) is 13.2 Å². The molecule has 0 fully saturated rings. The zero-order valence-corrected chi connectivity index (χ0v) is 11.8. The lowest BCUT2D eigenvalue weighted by Gasteiger charge is -2.24. The molecule has 114 valence electrons. The molecule has 1 aromatic carbocycles. The topological polar surface area (TPSA) is 29.5 Å². The number of likely N-dealkylation sites (N-methyl/N-ethyl adjacent to an activating group) is 1. The second-order valence-electron chi connectivity index (χ2n) is 4.99.